The third kappa shape index (κ3) is 2.29. The van der Waals surface area contributed by atoms with Crippen molar-refractivity contribution in [2.24, 2.45) is 0 Å². The first kappa shape index (κ1) is 10.4. The molecule has 1 heterocycles. The van der Waals surface area contributed by atoms with Gasteiger partial charge in [0.15, 0.2) is 0 Å². The summed E-state index contributed by atoms with van der Waals surface area (Å²) in [7, 11) is 0. The normalized spacial score (nSPS) is 10.5. The molecule has 0 bridgehead atoms. The van der Waals surface area contributed by atoms with Crippen molar-refractivity contribution in [1.82, 2.24) is 4.98 Å². The van der Waals surface area contributed by atoms with E-state index in [0.717, 1.165) is 22.0 Å². The number of benzene rings is 1. The minimum Gasteiger partial charge on any atom is -0.494 e. The van der Waals surface area contributed by atoms with Crippen molar-refractivity contribution in [1.29, 1.82) is 0 Å². The van der Waals surface area contributed by atoms with Crippen molar-refractivity contribution in [3.63, 3.8) is 0 Å². The number of hydrogen-bond acceptors (Lipinski definition) is 2. The molecular formula is C12H12BrNO. The summed E-state index contributed by atoms with van der Waals surface area (Å²) in [6, 6.07) is 8.09. The molecule has 2 nitrogen and oxygen atoms in total. The maximum absolute atomic E-state index is 5.45. The number of halogens is 1. The maximum Gasteiger partial charge on any atom is 0.120 e. The monoisotopic (exact) mass is 265 g/mol. The zero-order valence-corrected chi connectivity index (χ0v) is 10.1. The van der Waals surface area contributed by atoms with Crippen LogP contribution < -0.4 is 4.74 Å². The number of pyridine rings is 1. The lowest BCUT2D eigenvalue weighted by Crippen LogP contribution is -1.91. The van der Waals surface area contributed by atoms with Crippen molar-refractivity contribution in [3.8, 4) is 5.75 Å². The van der Waals surface area contributed by atoms with E-state index in [9.17, 15) is 0 Å². The van der Waals surface area contributed by atoms with Gasteiger partial charge in [-0.25, -0.2) is 0 Å². The number of rotatable bonds is 3. The molecule has 2 rings (SSSR count). The molecule has 0 aliphatic carbocycles. The molecule has 15 heavy (non-hydrogen) atoms. The first-order chi connectivity index (χ1) is 7.33. The van der Waals surface area contributed by atoms with Gasteiger partial charge in [0.2, 0.25) is 0 Å². The second-order valence-corrected chi connectivity index (χ2v) is 3.83. The second-order valence-electron chi connectivity index (χ2n) is 3.26. The Morgan fingerprint density at radius 3 is 2.93 bits per heavy atom. The molecule has 0 aliphatic heterocycles. The fourth-order valence-corrected chi connectivity index (χ4v) is 1.79. The van der Waals surface area contributed by atoms with E-state index in [1.807, 2.05) is 31.3 Å². The van der Waals surface area contributed by atoms with Crippen molar-refractivity contribution in [2.75, 3.05) is 6.61 Å². The molecule has 0 unspecified atom stereocenters. The third-order valence-electron chi connectivity index (χ3n) is 2.17. The molecule has 2 aromatic rings. The zero-order chi connectivity index (χ0) is 10.7. The summed E-state index contributed by atoms with van der Waals surface area (Å²) in [6.07, 6.45) is 1.89. The van der Waals surface area contributed by atoms with Gasteiger partial charge in [-0.2, -0.15) is 0 Å². The first-order valence-corrected chi connectivity index (χ1v) is 6.03. The number of ether oxygens (including phenoxy) is 1. The van der Waals surface area contributed by atoms with Crippen LogP contribution in [0.3, 0.4) is 0 Å². The molecule has 0 aliphatic rings. The average molecular weight is 266 g/mol. The molecule has 3 heteroatoms. The van der Waals surface area contributed by atoms with E-state index in [1.165, 1.54) is 5.56 Å². The Kier molecular flexibility index (Phi) is 3.21. The van der Waals surface area contributed by atoms with Crippen molar-refractivity contribution in [3.05, 3.63) is 36.0 Å². The Morgan fingerprint density at radius 1 is 1.33 bits per heavy atom. The lowest BCUT2D eigenvalue weighted by Gasteiger charge is -2.04. The van der Waals surface area contributed by atoms with Crippen LogP contribution in [-0.4, -0.2) is 11.6 Å². The Balaban J connectivity index is 2.48. The van der Waals surface area contributed by atoms with Gasteiger partial charge in [0, 0.05) is 16.9 Å². The van der Waals surface area contributed by atoms with Crippen LogP contribution in [0.15, 0.2) is 30.5 Å². The summed E-state index contributed by atoms with van der Waals surface area (Å²) in [5.74, 6) is 0.901. The van der Waals surface area contributed by atoms with Crippen LogP contribution >= 0.6 is 15.9 Å². The van der Waals surface area contributed by atoms with Crippen molar-refractivity contribution < 1.29 is 4.74 Å². The standard InChI is InChI=1S/C12H12BrNO/c1-2-15-11-3-4-12-10(6-11)5-9(7-13)8-14-12/h3-6,8H,2,7H2,1H3. The van der Waals surface area contributed by atoms with Crippen LogP contribution in [0.5, 0.6) is 5.75 Å². The summed E-state index contributed by atoms with van der Waals surface area (Å²) >= 11 is 3.42. The van der Waals surface area contributed by atoms with E-state index in [1.54, 1.807) is 0 Å². The van der Waals surface area contributed by atoms with Crippen LogP contribution in [0.2, 0.25) is 0 Å². The summed E-state index contributed by atoms with van der Waals surface area (Å²) < 4.78 is 5.45. The molecule has 0 saturated heterocycles. The molecular weight excluding hydrogens is 254 g/mol. The highest BCUT2D eigenvalue weighted by molar-refractivity contribution is 9.08. The summed E-state index contributed by atoms with van der Waals surface area (Å²) in [4.78, 5) is 4.37. The molecule has 0 fully saturated rings. The average Bonchev–Trinajstić information content (AvgIpc) is 2.28. The van der Waals surface area contributed by atoms with Gasteiger partial charge in [0.1, 0.15) is 5.75 Å². The highest BCUT2D eigenvalue weighted by Gasteiger charge is 1.99. The third-order valence-corrected chi connectivity index (χ3v) is 2.82. The van der Waals surface area contributed by atoms with Gasteiger partial charge in [-0.3, -0.25) is 4.98 Å². The summed E-state index contributed by atoms with van der Waals surface area (Å²) in [6.45, 7) is 2.68. The molecule has 0 amide bonds. The van der Waals surface area contributed by atoms with Gasteiger partial charge in [-0.05, 0) is 36.8 Å². The number of aromatic nitrogens is 1. The van der Waals surface area contributed by atoms with Crippen molar-refractivity contribution in [2.45, 2.75) is 12.3 Å². The minimum absolute atomic E-state index is 0.692. The van der Waals surface area contributed by atoms with E-state index >= 15 is 0 Å². The molecule has 78 valence electrons. The molecule has 0 N–H and O–H groups in total. The zero-order valence-electron chi connectivity index (χ0n) is 8.53. The number of fused-ring (bicyclic) bond motifs is 1. The first-order valence-electron chi connectivity index (χ1n) is 4.91. The molecule has 0 saturated carbocycles. The van der Waals surface area contributed by atoms with Gasteiger partial charge >= 0.3 is 0 Å². The molecule has 0 radical (unpaired) electrons. The Bertz CT molecular complexity index is 470. The minimum atomic E-state index is 0.692. The SMILES string of the molecule is CCOc1ccc2ncc(CBr)cc2c1. The molecule has 0 atom stereocenters. The molecule has 1 aromatic carbocycles. The predicted octanol–water partition coefficient (Wildman–Crippen LogP) is 3.53. The van der Waals surface area contributed by atoms with Gasteiger partial charge in [0.05, 0.1) is 12.1 Å². The summed E-state index contributed by atoms with van der Waals surface area (Å²) in [5.41, 5.74) is 2.18. The summed E-state index contributed by atoms with van der Waals surface area (Å²) in [5, 5.41) is 1.95. The maximum atomic E-state index is 5.45. The second kappa shape index (κ2) is 4.62. The molecule has 0 spiro atoms. The van der Waals surface area contributed by atoms with E-state index in [2.05, 4.69) is 27.0 Å². The quantitative estimate of drug-likeness (QED) is 0.793. The van der Waals surface area contributed by atoms with E-state index in [4.69, 9.17) is 4.74 Å². The highest BCUT2D eigenvalue weighted by atomic mass is 79.9. The number of nitrogens with zero attached hydrogens (tertiary/aromatic N) is 1. The predicted molar refractivity (Wildman–Crippen MR) is 65.5 cm³/mol. The van der Waals surface area contributed by atoms with Crippen LogP contribution in [0, 0.1) is 0 Å². The van der Waals surface area contributed by atoms with Gasteiger partial charge in [0.25, 0.3) is 0 Å². The fourth-order valence-electron chi connectivity index (χ4n) is 1.48. The Hall–Kier alpha value is -1.09. The smallest absolute Gasteiger partial charge is 0.120 e. The fraction of sp³-hybridized carbons (Fsp3) is 0.250. The van der Waals surface area contributed by atoms with E-state index in [0.29, 0.717) is 6.61 Å². The van der Waals surface area contributed by atoms with Crippen molar-refractivity contribution >= 4 is 26.8 Å². The molecule has 1 aromatic heterocycles. The number of alkyl halides is 1. The topological polar surface area (TPSA) is 22.1 Å². The van der Waals surface area contributed by atoms with Gasteiger partial charge in [-0.1, -0.05) is 15.9 Å². The van der Waals surface area contributed by atoms with Gasteiger partial charge < -0.3 is 4.74 Å². The van der Waals surface area contributed by atoms with Crippen LogP contribution in [0.25, 0.3) is 10.9 Å². The highest BCUT2D eigenvalue weighted by Crippen LogP contribution is 2.21. The number of hydrogen-bond donors (Lipinski definition) is 0. The Morgan fingerprint density at radius 2 is 2.20 bits per heavy atom. The van der Waals surface area contributed by atoms with Crippen LogP contribution in [0.1, 0.15) is 12.5 Å². The van der Waals surface area contributed by atoms with Crippen LogP contribution in [0.4, 0.5) is 0 Å². The van der Waals surface area contributed by atoms with Crippen LogP contribution in [-0.2, 0) is 5.33 Å². The lowest BCUT2D eigenvalue weighted by atomic mass is 10.2. The largest absolute Gasteiger partial charge is 0.494 e. The van der Waals surface area contributed by atoms with E-state index < -0.39 is 0 Å². The van der Waals surface area contributed by atoms with Gasteiger partial charge in [-0.15, -0.1) is 0 Å². The Labute approximate surface area is 97.4 Å². The lowest BCUT2D eigenvalue weighted by molar-refractivity contribution is 0.340. The van der Waals surface area contributed by atoms with E-state index in [-0.39, 0.29) is 0 Å².